The predicted molar refractivity (Wildman–Crippen MR) is 66.1 cm³/mol. The van der Waals surface area contributed by atoms with Gasteiger partial charge < -0.3 is 0 Å². The molecule has 0 saturated heterocycles. The summed E-state index contributed by atoms with van der Waals surface area (Å²) in [5, 5.41) is 4.55. The second-order valence-electron chi connectivity index (χ2n) is 3.02. The quantitative estimate of drug-likeness (QED) is 0.550. The highest BCUT2D eigenvalue weighted by Gasteiger charge is 1.85. The van der Waals surface area contributed by atoms with Gasteiger partial charge in [0.15, 0.2) is 0 Å². The number of rotatable bonds is 0. The zero-order valence-corrected chi connectivity index (χ0v) is 9.02. The van der Waals surface area contributed by atoms with E-state index in [1.807, 2.05) is 5.38 Å². The maximum Gasteiger partial charge on any atom is 0.0791 e. The first-order valence-electron chi connectivity index (χ1n) is 4.73. The maximum atomic E-state index is 3.74. The molecule has 0 unspecified atom stereocenters. The van der Waals surface area contributed by atoms with Crippen molar-refractivity contribution in [3.63, 3.8) is 0 Å². The lowest BCUT2D eigenvalue weighted by molar-refractivity contribution is 1.43. The normalized spacial score (nSPS) is 9.33. The molecule has 0 spiro atoms. The highest BCUT2D eigenvalue weighted by molar-refractivity contribution is 7.07. The molecule has 74 valence electrons. The fourth-order valence-corrected chi connectivity index (χ4v) is 1.66. The Morgan fingerprint density at radius 2 is 1.33 bits per heavy atom. The molecule has 1 heterocycles. The van der Waals surface area contributed by atoms with E-state index in [1.54, 1.807) is 23.0 Å². The lowest BCUT2D eigenvalue weighted by atomic mass is 10.1. The van der Waals surface area contributed by atoms with Crippen LogP contribution in [0.25, 0.3) is 10.8 Å². The first kappa shape index (κ1) is 9.87. The van der Waals surface area contributed by atoms with Gasteiger partial charge >= 0.3 is 0 Å². The topological polar surface area (TPSA) is 12.9 Å². The van der Waals surface area contributed by atoms with Crippen molar-refractivity contribution in [2.75, 3.05) is 0 Å². The molecule has 0 aliphatic rings. The van der Waals surface area contributed by atoms with Crippen LogP contribution in [0.4, 0.5) is 0 Å². The number of nitrogens with zero attached hydrogens (tertiary/aromatic N) is 1. The van der Waals surface area contributed by atoms with Gasteiger partial charge in [-0.25, -0.2) is 0 Å². The van der Waals surface area contributed by atoms with Crippen molar-refractivity contribution in [3.05, 3.63) is 65.6 Å². The molecular weight excluding hydrogens is 202 g/mol. The Morgan fingerprint density at radius 3 is 1.60 bits per heavy atom. The Morgan fingerprint density at radius 1 is 0.800 bits per heavy atom. The van der Waals surface area contributed by atoms with Gasteiger partial charge in [0.1, 0.15) is 0 Å². The molecule has 2 aromatic carbocycles. The van der Waals surface area contributed by atoms with Gasteiger partial charge in [0.2, 0.25) is 0 Å². The summed E-state index contributed by atoms with van der Waals surface area (Å²) in [6.45, 7) is 0. The van der Waals surface area contributed by atoms with Crippen molar-refractivity contribution in [3.8, 4) is 0 Å². The van der Waals surface area contributed by atoms with Gasteiger partial charge in [-0.15, -0.1) is 11.3 Å². The fourth-order valence-electron chi connectivity index (χ4n) is 1.31. The third-order valence-electron chi connectivity index (χ3n) is 2.01. The molecule has 0 radical (unpaired) electrons. The third kappa shape index (κ3) is 2.89. The van der Waals surface area contributed by atoms with Crippen molar-refractivity contribution < 1.29 is 0 Å². The van der Waals surface area contributed by atoms with Crippen LogP contribution in [-0.4, -0.2) is 4.98 Å². The molecule has 0 saturated carbocycles. The van der Waals surface area contributed by atoms with Crippen LogP contribution < -0.4 is 0 Å². The van der Waals surface area contributed by atoms with E-state index in [0.29, 0.717) is 0 Å². The minimum atomic E-state index is 1.31. The van der Waals surface area contributed by atoms with Gasteiger partial charge in [0.05, 0.1) is 5.51 Å². The highest BCUT2D eigenvalue weighted by Crippen LogP contribution is 2.11. The second kappa shape index (κ2) is 5.27. The summed E-state index contributed by atoms with van der Waals surface area (Å²) < 4.78 is 0. The lowest BCUT2D eigenvalue weighted by Crippen LogP contribution is -1.67. The van der Waals surface area contributed by atoms with Gasteiger partial charge in [-0.3, -0.25) is 4.98 Å². The van der Waals surface area contributed by atoms with Crippen LogP contribution >= 0.6 is 11.3 Å². The standard InChI is InChI=1S/C10H8.C3H3NS/c1-2-6-10-8-4-3-7-9(10)5-1;1-2-5-3-4-1/h1-8H;1-3H. The van der Waals surface area contributed by atoms with E-state index in [-0.39, 0.29) is 0 Å². The molecule has 0 bridgehead atoms. The van der Waals surface area contributed by atoms with E-state index >= 15 is 0 Å². The lowest BCUT2D eigenvalue weighted by Gasteiger charge is -1.92. The third-order valence-corrected chi connectivity index (χ3v) is 2.53. The van der Waals surface area contributed by atoms with E-state index in [4.69, 9.17) is 0 Å². The van der Waals surface area contributed by atoms with Crippen molar-refractivity contribution in [2.24, 2.45) is 0 Å². The molecule has 0 atom stereocenters. The molecule has 0 aliphatic heterocycles. The van der Waals surface area contributed by atoms with Crippen molar-refractivity contribution in [2.45, 2.75) is 0 Å². The van der Waals surface area contributed by atoms with E-state index < -0.39 is 0 Å². The molecule has 0 aliphatic carbocycles. The average molecular weight is 213 g/mol. The number of aromatic nitrogens is 1. The fraction of sp³-hybridized carbons (Fsp3) is 0. The van der Waals surface area contributed by atoms with Crippen molar-refractivity contribution in [1.82, 2.24) is 4.98 Å². The second-order valence-corrected chi connectivity index (χ2v) is 3.78. The van der Waals surface area contributed by atoms with Gasteiger partial charge in [-0.1, -0.05) is 48.5 Å². The molecule has 1 nitrogen and oxygen atoms in total. The number of benzene rings is 2. The highest BCUT2D eigenvalue weighted by atomic mass is 32.1. The van der Waals surface area contributed by atoms with E-state index in [9.17, 15) is 0 Å². The Hall–Kier alpha value is -1.67. The Balaban J connectivity index is 0.000000144. The Bertz CT molecular complexity index is 420. The van der Waals surface area contributed by atoms with E-state index in [0.717, 1.165) is 0 Å². The number of hydrogen-bond donors (Lipinski definition) is 0. The van der Waals surface area contributed by atoms with Crippen LogP contribution in [0.5, 0.6) is 0 Å². The summed E-state index contributed by atoms with van der Waals surface area (Å²) >= 11 is 1.60. The maximum absolute atomic E-state index is 3.74. The molecule has 2 heteroatoms. The Labute approximate surface area is 93.0 Å². The summed E-state index contributed by atoms with van der Waals surface area (Å²) in [4.78, 5) is 3.74. The zero-order valence-electron chi connectivity index (χ0n) is 8.21. The molecule has 1 aromatic heterocycles. The molecule has 3 aromatic rings. The minimum absolute atomic E-state index is 1.31. The van der Waals surface area contributed by atoms with Crippen LogP contribution in [0.15, 0.2) is 65.6 Å². The van der Waals surface area contributed by atoms with Gasteiger partial charge in [0.25, 0.3) is 0 Å². The smallest absolute Gasteiger partial charge is 0.0791 e. The summed E-state index contributed by atoms with van der Waals surface area (Å²) in [6.07, 6.45) is 1.77. The molecule has 15 heavy (non-hydrogen) atoms. The summed E-state index contributed by atoms with van der Waals surface area (Å²) in [5.41, 5.74) is 1.79. The number of fused-ring (bicyclic) bond motifs is 1. The molecule has 3 rings (SSSR count). The number of hydrogen-bond acceptors (Lipinski definition) is 2. The largest absolute Gasteiger partial charge is 0.253 e. The van der Waals surface area contributed by atoms with Crippen LogP contribution in [0.1, 0.15) is 0 Å². The molecule has 0 fully saturated rings. The first-order chi connectivity index (χ1) is 7.47. The van der Waals surface area contributed by atoms with Gasteiger partial charge in [-0.2, -0.15) is 0 Å². The van der Waals surface area contributed by atoms with Crippen LogP contribution in [0.3, 0.4) is 0 Å². The predicted octanol–water partition coefficient (Wildman–Crippen LogP) is 3.98. The van der Waals surface area contributed by atoms with E-state index in [1.165, 1.54) is 10.8 Å². The summed E-state index contributed by atoms with van der Waals surface area (Å²) in [5.74, 6) is 0. The minimum Gasteiger partial charge on any atom is -0.253 e. The molecular formula is C13H11NS. The van der Waals surface area contributed by atoms with E-state index in [2.05, 4.69) is 53.5 Å². The molecule has 0 N–H and O–H groups in total. The van der Waals surface area contributed by atoms with Crippen LogP contribution in [0, 0.1) is 0 Å². The van der Waals surface area contributed by atoms with Crippen molar-refractivity contribution >= 4 is 22.1 Å². The summed E-state index contributed by atoms with van der Waals surface area (Å²) in [7, 11) is 0. The summed E-state index contributed by atoms with van der Waals surface area (Å²) in [6, 6.07) is 16.7. The van der Waals surface area contributed by atoms with Gasteiger partial charge in [-0.05, 0) is 10.8 Å². The monoisotopic (exact) mass is 213 g/mol. The average Bonchev–Trinajstić information content (AvgIpc) is 2.88. The van der Waals surface area contributed by atoms with Crippen LogP contribution in [-0.2, 0) is 0 Å². The Kier molecular flexibility index (Phi) is 3.47. The zero-order chi connectivity index (χ0) is 10.3. The SMILES string of the molecule is c1ccc2ccccc2c1.c1cscn1. The first-order valence-corrected chi connectivity index (χ1v) is 5.67. The van der Waals surface area contributed by atoms with Gasteiger partial charge in [0, 0.05) is 11.6 Å². The molecule has 0 amide bonds. The van der Waals surface area contributed by atoms with Crippen LogP contribution in [0.2, 0.25) is 0 Å². The number of thiazole rings is 1. The van der Waals surface area contributed by atoms with Crippen molar-refractivity contribution in [1.29, 1.82) is 0 Å².